The molecule has 0 radical (unpaired) electrons. The van der Waals surface area contributed by atoms with Gasteiger partial charge in [-0.1, -0.05) is 6.07 Å². The number of nitrogens with one attached hydrogen (secondary N) is 2. The van der Waals surface area contributed by atoms with E-state index in [1.165, 1.54) is 30.5 Å². The first-order chi connectivity index (χ1) is 15.2. The third kappa shape index (κ3) is 5.31. The van der Waals surface area contributed by atoms with Crippen molar-refractivity contribution in [2.45, 2.75) is 38.6 Å². The van der Waals surface area contributed by atoms with Crippen LogP contribution in [0, 0.1) is 11.7 Å². The van der Waals surface area contributed by atoms with Gasteiger partial charge in [-0.05, 0) is 62.3 Å². The maximum absolute atomic E-state index is 14.0. The Morgan fingerprint density at radius 3 is 2.72 bits per heavy atom. The molecule has 0 spiro atoms. The van der Waals surface area contributed by atoms with Crippen molar-refractivity contribution in [3.8, 4) is 5.75 Å². The molecule has 1 aromatic carbocycles. The van der Waals surface area contributed by atoms with E-state index in [1.54, 1.807) is 6.92 Å². The summed E-state index contributed by atoms with van der Waals surface area (Å²) in [4.78, 5) is 27.5. The van der Waals surface area contributed by atoms with Gasteiger partial charge >= 0.3 is 0 Å². The number of rotatable bonds is 10. The number of hydrogen-bond donors (Lipinski definition) is 2. The molecule has 1 aliphatic carbocycles. The maximum Gasteiger partial charge on any atom is 0.260 e. The number of carbonyl (C=O) groups excluding carboxylic acids is 2. The molecule has 1 atom stereocenters. The number of pyridine rings is 1. The van der Waals surface area contributed by atoms with Gasteiger partial charge in [0.2, 0.25) is 10.0 Å². The van der Waals surface area contributed by atoms with Crippen LogP contribution in [0.3, 0.4) is 0 Å². The average Bonchev–Trinajstić information content (AvgIpc) is 3.52. The molecule has 4 rings (SSSR count). The molecule has 0 bridgehead atoms. The van der Waals surface area contributed by atoms with E-state index >= 15 is 0 Å². The normalized spacial score (nSPS) is 16.6. The van der Waals surface area contributed by atoms with Crippen molar-refractivity contribution in [2.75, 3.05) is 12.4 Å². The molecule has 10 heteroatoms. The minimum Gasteiger partial charge on any atom is -0.490 e. The zero-order valence-electron chi connectivity index (χ0n) is 17.6. The lowest BCUT2D eigenvalue weighted by molar-refractivity contribution is 0.0879. The van der Waals surface area contributed by atoms with Crippen molar-refractivity contribution in [1.29, 1.82) is 0 Å². The lowest BCUT2D eigenvalue weighted by Gasteiger charge is -2.16. The van der Waals surface area contributed by atoms with Crippen LogP contribution < -0.4 is 14.8 Å². The van der Waals surface area contributed by atoms with Crippen molar-refractivity contribution in [3.05, 3.63) is 58.7 Å². The van der Waals surface area contributed by atoms with Crippen LogP contribution in [0.15, 0.2) is 30.5 Å². The van der Waals surface area contributed by atoms with Gasteiger partial charge in [0.25, 0.3) is 11.8 Å². The van der Waals surface area contributed by atoms with Gasteiger partial charge < -0.3 is 4.74 Å². The standard InChI is InChI=1S/C22H24FN3O5S/c1-13(15-6-7-19(23)20(9-15)31-12-14-4-5-14)26-32(29,30)8-2-3-16-10-17-18(11-24-16)22(28)25-21(17)27/h6-7,9-11,13-14,26H,2-5,8,12H2,1H3,(H,25,27,28)/t13-/m1/s1. The Morgan fingerprint density at radius 2 is 1.97 bits per heavy atom. The van der Waals surface area contributed by atoms with E-state index in [1.807, 2.05) is 0 Å². The SMILES string of the molecule is C[C@@H](NS(=O)(=O)CCCc1cc2c(cn1)C(=O)NC2=O)c1ccc(F)c(OCC2CC2)c1. The Bertz CT molecular complexity index is 1160. The second kappa shape index (κ2) is 8.95. The van der Waals surface area contributed by atoms with Gasteiger partial charge in [0.1, 0.15) is 0 Å². The smallest absolute Gasteiger partial charge is 0.260 e. The van der Waals surface area contributed by atoms with Crippen LogP contribution in [-0.4, -0.2) is 37.6 Å². The zero-order chi connectivity index (χ0) is 22.9. The molecule has 1 aromatic heterocycles. The Labute approximate surface area is 185 Å². The fraction of sp³-hybridized carbons (Fsp3) is 0.409. The zero-order valence-corrected chi connectivity index (χ0v) is 18.4. The molecule has 2 N–H and O–H groups in total. The number of sulfonamides is 1. The molecule has 32 heavy (non-hydrogen) atoms. The first-order valence-corrected chi connectivity index (χ1v) is 12.1. The third-order valence-corrected chi connectivity index (χ3v) is 7.04. The lowest BCUT2D eigenvalue weighted by Crippen LogP contribution is -2.29. The van der Waals surface area contributed by atoms with Gasteiger partial charge in [-0.2, -0.15) is 0 Å². The van der Waals surface area contributed by atoms with E-state index in [4.69, 9.17) is 4.74 Å². The highest BCUT2D eigenvalue weighted by atomic mass is 32.2. The first kappa shape index (κ1) is 22.3. The van der Waals surface area contributed by atoms with Crippen LogP contribution in [0.5, 0.6) is 5.75 Å². The summed E-state index contributed by atoms with van der Waals surface area (Å²) in [5.41, 5.74) is 1.62. The highest BCUT2D eigenvalue weighted by Crippen LogP contribution is 2.31. The fourth-order valence-electron chi connectivity index (χ4n) is 3.47. The van der Waals surface area contributed by atoms with Crippen molar-refractivity contribution in [2.24, 2.45) is 5.92 Å². The minimum atomic E-state index is -3.61. The molecule has 0 unspecified atom stereocenters. The Hall–Kier alpha value is -2.85. The summed E-state index contributed by atoms with van der Waals surface area (Å²) in [5.74, 6) is -0.965. The molecule has 2 aromatic rings. The number of aromatic nitrogens is 1. The molecular weight excluding hydrogens is 437 g/mol. The summed E-state index contributed by atoms with van der Waals surface area (Å²) in [6, 6.07) is 5.30. The number of imide groups is 1. The molecule has 1 saturated carbocycles. The fourth-order valence-corrected chi connectivity index (χ4v) is 4.79. The van der Waals surface area contributed by atoms with Crippen molar-refractivity contribution >= 4 is 21.8 Å². The van der Waals surface area contributed by atoms with Crippen LogP contribution in [0.1, 0.15) is 64.2 Å². The number of hydrogen-bond acceptors (Lipinski definition) is 6. The number of halogens is 1. The monoisotopic (exact) mass is 461 g/mol. The summed E-state index contributed by atoms with van der Waals surface area (Å²) in [6.07, 6.45) is 4.12. The molecule has 2 aliphatic rings. The number of benzene rings is 1. The number of fused-ring (bicyclic) bond motifs is 1. The first-order valence-electron chi connectivity index (χ1n) is 10.5. The topological polar surface area (TPSA) is 114 Å². The Morgan fingerprint density at radius 1 is 1.22 bits per heavy atom. The molecule has 8 nitrogen and oxygen atoms in total. The molecule has 2 amide bonds. The van der Waals surface area contributed by atoms with Crippen LogP contribution in [0.2, 0.25) is 0 Å². The molecule has 0 saturated heterocycles. The van der Waals surface area contributed by atoms with Crippen LogP contribution in [-0.2, 0) is 16.4 Å². The van der Waals surface area contributed by atoms with Gasteiger partial charge in [0, 0.05) is 17.9 Å². The lowest BCUT2D eigenvalue weighted by atomic mass is 10.1. The summed E-state index contributed by atoms with van der Waals surface area (Å²) in [7, 11) is -3.61. The highest BCUT2D eigenvalue weighted by molar-refractivity contribution is 7.89. The largest absolute Gasteiger partial charge is 0.490 e. The summed E-state index contributed by atoms with van der Waals surface area (Å²) in [5, 5.41) is 2.19. The average molecular weight is 462 g/mol. The van der Waals surface area contributed by atoms with E-state index < -0.39 is 33.7 Å². The molecule has 170 valence electrons. The molecule has 1 aliphatic heterocycles. The van der Waals surface area contributed by atoms with E-state index in [9.17, 15) is 22.4 Å². The summed E-state index contributed by atoms with van der Waals surface area (Å²) < 4.78 is 47.2. The van der Waals surface area contributed by atoms with Crippen molar-refractivity contribution in [1.82, 2.24) is 15.0 Å². The van der Waals surface area contributed by atoms with E-state index in [2.05, 4.69) is 15.0 Å². The number of amides is 2. The van der Waals surface area contributed by atoms with Crippen molar-refractivity contribution in [3.63, 3.8) is 0 Å². The summed E-state index contributed by atoms with van der Waals surface area (Å²) in [6.45, 7) is 2.15. The summed E-state index contributed by atoms with van der Waals surface area (Å²) >= 11 is 0. The van der Waals surface area contributed by atoms with Crippen LogP contribution in [0.4, 0.5) is 4.39 Å². The Kier molecular flexibility index (Phi) is 6.25. The van der Waals surface area contributed by atoms with E-state index in [0.29, 0.717) is 30.2 Å². The van der Waals surface area contributed by atoms with Gasteiger partial charge in [-0.25, -0.2) is 17.5 Å². The number of aryl methyl sites for hydroxylation is 1. The molecule has 2 heterocycles. The quantitative estimate of drug-likeness (QED) is 0.526. The van der Waals surface area contributed by atoms with Crippen LogP contribution >= 0.6 is 0 Å². The predicted octanol–water partition coefficient (Wildman–Crippen LogP) is 2.51. The second-order valence-electron chi connectivity index (χ2n) is 8.21. The number of nitrogens with zero attached hydrogens (tertiary/aromatic N) is 1. The maximum atomic E-state index is 14.0. The molecule has 1 fully saturated rings. The molecular formula is C22H24FN3O5S. The van der Waals surface area contributed by atoms with E-state index in [-0.39, 0.29) is 29.1 Å². The number of ether oxygens (including phenoxy) is 1. The predicted molar refractivity (Wildman–Crippen MR) is 114 cm³/mol. The van der Waals surface area contributed by atoms with E-state index in [0.717, 1.165) is 12.8 Å². The Balaban J connectivity index is 1.32. The third-order valence-electron chi connectivity index (χ3n) is 5.51. The minimum absolute atomic E-state index is 0.130. The highest BCUT2D eigenvalue weighted by Gasteiger charge is 2.27. The van der Waals surface area contributed by atoms with Gasteiger partial charge in [-0.3, -0.25) is 19.9 Å². The number of carbonyl (C=O) groups is 2. The second-order valence-corrected chi connectivity index (χ2v) is 10.1. The van der Waals surface area contributed by atoms with Crippen LogP contribution in [0.25, 0.3) is 0 Å². The van der Waals surface area contributed by atoms with Gasteiger partial charge in [0.05, 0.1) is 23.5 Å². The van der Waals surface area contributed by atoms with Crippen molar-refractivity contribution < 1.29 is 27.1 Å². The van der Waals surface area contributed by atoms with Gasteiger partial charge in [0.15, 0.2) is 11.6 Å². The van der Waals surface area contributed by atoms with Gasteiger partial charge in [-0.15, -0.1) is 0 Å².